The van der Waals surface area contributed by atoms with Crippen LogP contribution in [0.4, 0.5) is 11.4 Å². The second-order valence-corrected chi connectivity index (χ2v) is 4.86. The van der Waals surface area contributed by atoms with Crippen LogP contribution in [-0.4, -0.2) is 32.3 Å². The molecule has 1 heterocycles. The molecule has 3 N–H and O–H groups in total. The predicted molar refractivity (Wildman–Crippen MR) is 73.5 cm³/mol. The Morgan fingerprint density at radius 1 is 1.28 bits per heavy atom. The Morgan fingerprint density at radius 2 is 1.94 bits per heavy atom. The number of carbonyl (C=O) groups excluding carboxylic acids is 1. The highest BCUT2D eigenvalue weighted by Crippen LogP contribution is 2.16. The van der Waals surface area contributed by atoms with Crippen molar-refractivity contribution < 1.29 is 4.79 Å². The lowest BCUT2D eigenvalue weighted by Gasteiger charge is -2.30. The molecule has 1 aromatic carbocycles. The van der Waals surface area contributed by atoms with Crippen LogP contribution in [0.2, 0.25) is 0 Å². The van der Waals surface area contributed by atoms with Gasteiger partial charge in [0.05, 0.1) is 0 Å². The Balaban J connectivity index is 1.98. The number of anilines is 2. The van der Waals surface area contributed by atoms with E-state index in [9.17, 15) is 4.79 Å². The van der Waals surface area contributed by atoms with E-state index in [0.29, 0.717) is 6.42 Å². The normalized spacial score (nSPS) is 23.4. The fourth-order valence-electron chi connectivity index (χ4n) is 1.98. The lowest BCUT2D eigenvalue weighted by atomic mass is 10.2. The van der Waals surface area contributed by atoms with Crippen LogP contribution in [0.5, 0.6) is 0 Å². The van der Waals surface area contributed by atoms with Crippen molar-refractivity contribution >= 4 is 17.3 Å². The molecular formula is C13H20N4O. The third-order valence-corrected chi connectivity index (χ3v) is 2.94. The van der Waals surface area contributed by atoms with Crippen molar-refractivity contribution in [1.82, 2.24) is 10.6 Å². The van der Waals surface area contributed by atoms with Crippen LogP contribution in [-0.2, 0) is 4.79 Å². The molecule has 0 bridgehead atoms. The highest BCUT2D eigenvalue weighted by molar-refractivity contribution is 5.78. The van der Waals surface area contributed by atoms with E-state index in [-0.39, 0.29) is 18.2 Å². The lowest BCUT2D eigenvalue weighted by molar-refractivity contribution is -0.123. The summed E-state index contributed by atoms with van der Waals surface area (Å²) >= 11 is 0. The van der Waals surface area contributed by atoms with Gasteiger partial charge < -0.3 is 15.5 Å². The molecule has 1 fully saturated rings. The standard InChI is InChI=1S/C13H20N4O/c1-9-8-12(18)16-13(14-9)15-10-4-6-11(7-5-10)17(2)3/h4-7,9,13-15H,8H2,1-3H3,(H,16,18). The zero-order valence-corrected chi connectivity index (χ0v) is 11.0. The summed E-state index contributed by atoms with van der Waals surface area (Å²) in [5.41, 5.74) is 2.13. The van der Waals surface area contributed by atoms with Crippen molar-refractivity contribution in [3.63, 3.8) is 0 Å². The van der Waals surface area contributed by atoms with E-state index in [1.165, 1.54) is 0 Å². The van der Waals surface area contributed by atoms with Gasteiger partial charge in [0.2, 0.25) is 5.91 Å². The number of amides is 1. The number of hydrogen-bond donors (Lipinski definition) is 3. The van der Waals surface area contributed by atoms with Crippen LogP contribution in [0.3, 0.4) is 0 Å². The number of rotatable bonds is 3. The molecule has 0 spiro atoms. The summed E-state index contributed by atoms with van der Waals surface area (Å²) in [6.45, 7) is 2.00. The number of carbonyl (C=O) groups is 1. The van der Waals surface area contributed by atoms with E-state index in [1.807, 2.05) is 50.2 Å². The maximum atomic E-state index is 11.4. The summed E-state index contributed by atoms with van der Waals surface area (Å²) in [7, 11) is 4.01. The van der Waals surface area contributed by atoms with Crippen LogP contribution in [0.25, 0.3) is 0 Å². The predicted octanol–water partition coefficient (Wildman–Crippen LogP) is 0.946. The van der Waals surface area contributed by atoms with E-state index in [2.05, 4.69) is 16.0 Å². The van der Waals surface area contributed by atoms with Crippen molar-refractivity contribution in [2.24, 2.45) is 0 Å². The zero-order chi connectivity index (χ0) is 13.1. The second-order valence-electron chi connectivity index (χ2n) is 4.86. The molecule has 1 saturated heterocycles. The third kappa shape index (κ3) is 3.13. The number of nitrogens with one attached hydrogen (secondary N) is 3. The minimum Gasteiger partial charge on any atom is -0.378 e. The smallest absolute Gasteiger partial charge is 0.224 e. The molecule has 0 aromatic heterocycles. The molecule has 2 unspecified atom stereocenters. The Hall–Kier alpha value is -1.75. The monoisotopic (exact) mass is 248 g/mol. The highest BCUT2D eigenvalue weighted by atomic mass is 16.2. The van der Waals surface area contributed by atoms with Crippen LogP contribution in [0.1, 0.15) is 13.3 Å². The van der Waals surface area contributed by atoms with Gasteiger partial charge in [-0.1, -0.05) is 0 Å². The minimum atomic E-state index is -0.202. The van der Waals surface area contributed by atoms with Gasteiger partial charge in [-0.2, -0.15) is 0 Å². The van der Waals surface area contributed by atoms with Crippen LogP contribution >= 0.6 is 0 Å². The van der Waals surface area contributed by atoms with Crippen molar-refractivity contribution in [3.05, 3.63) is 24.3 Å². The summed E-state index contributed by atoms with van der Waals surface area (Å²) in [5.74, 6) is 0.0728. The van der Waals surface area contributed by atoms with Gasteiger partial charge in [-0.3, -0.25) is 10.1 Å². The molecule has 0 aliphatic carbocycles. The maximum Gasteiger partial charge on any atom is 0.224 e. The van der Waals surface area contributed by atoms with Gasteiger partial charge in [0.15, 0.2) is 6.29 Å². The molecule has 18 heavy (non-hydrogen) atoms. The average Bonchev–Trinajstić information content (AvgIpc) is 2.28. The summed E-state index contributed by atoms with van der Waals surface area (Å²) in [5, 5.41) is 9.39. The number of hydrogen-bond acceptors (Lipinski definition) is 4. The lowest BCUT2D eigenvalue weighted by Crippen LogP contribution is -2.59. The zero-order valence-electron chi connectivity index (χ0n) is 11.0. The summed E-state index contributed by atoms with van der Waals surface area (Å²) in [6, 6.07) is 8.27. The van der Waals surface area contributed by atoms with E-state index in [1.54, 1.807) is 0 Å². The van der Waals surface area contributed by atoms with Gasteiger partial charge in [0.25, 0.3) is 0 Å². The first-order chi connectivity index (χ1) is 8.54. The average molecular weight is 248 g/mol. The quantitative estimate of drug-likeness (QED) is 0.745. The molecule has 1 aliphatic rings. The van der Waals surface area contributed by atoms with Crippen molar-refractivity contribution in [2.75, 3.05) is 24.3 Å². The van der Waals surface area contributed by atoms with Gasteiger partial charge in [0.1, 0.15) is 0 Å². The molecule has 5 nitrogen and oxygen atoms in total. The molecule has 0 saturated carbocycles. The maximum absolute atomic E-state index is 11.4. The van der Waals surface area contributed by atoms with E-state index < -0.39 is 0 Å². The molecule has 2 atom stereocenters. The van der Waals surface area contributed by atoms with Crippen molar-refractivity contribution in [2.45, 2.75) is 25.7 Å². The summed E-state index contributed by atoms with van der Waals surface area (Å²) in [4.78, 5) is 13.5. The van der Waals surface area contributed by atoms with Crippen molar-refractivity contribution in [3.8, 4) is 0 Å². The molecule has 98 valence electrons. The van der Waals surface area contributed by atoms with Gasteiger partial charge in [-0.05, 0) is 31.2 Å². The highest BCUT2D eigenvalue weighted by Gasteiger charge is 2.22. The van der Waals surface area contributed by atoms with Crippen LogP contribution in [0.15, 0.2) is 24.3 Å². The largest absolute Gasteiger partial charge is 0.378 e. The van der Waals surface area contributed by atoms with E-state index >= 15 is 0 Å². The topological polar surface area (TPSA) is 56.4 Å². The molecule has 1 aliphatic heterocycles. The third-order valence-electron chi connectivity index (χ3n) is 2.94. The molecule has 5 heteroatoms. The summed E-state index contributed by atoms with van der Waals surface area (Å²) < 4.78 is 0. The van der Waals surface area contributed by atoms with Gasteiger partial charge in [-0.25, -0.2) is 0 Å². The molecule has 1 amide bonds. The van der Waals surface area contributed by atoms with Gasteiger partial charge in [0, 0.05) is 37.9 Å². The Labute approximate surface area is 108 Å². The Bertz CT molecular complexity index is 416. The SMILES string of the molecule is CC1CC(=O)NC(Nc2ccc(N(C)C)cc2)N1. The first-order valence-electron chi connectivity index (χ1n) is 6.14. The van der Waals surface area contributed by atoms with Gasteiger partial charge in [-0.15, -0.1) is 0 Å². The van der Waals surface area contributed by atoms with Crippen molar-refractivity contribution in [1.29, 1.82) is 0 Å². The fourth-order valence-corrected chi connectivity index (χ4v) is 1.98. The molecular weight excluding hydrogens is 228 g/mol. The first kappa shape index (κ1) is 12.7. The molecule has 2 rings (SSSR count). The first-order valence-corrected chi connectivity index (χ1v) is 6.14. The number of benzene rings is 1. The fraction of sp³-hybridized carbons (Fsp3) is 0.462. The van der Waals surface area contributed by atoms with E-state index in [0.717, 1.165) is 11.4 Å². The minimum absolute atomic E-state index is 0.0728. The second kappa shape index (κ2) is 5.27. The van der Waals surface area contributed by atoms with Crippen LogP contribution < -0.4 is 20.9 Å². The van der Waals surface area contributed by atoms with Crippen LogP contribution in [0, 0.1) is 0 Å². The van der Waals surface area contributed by atoms with E-state index in [4.69, 9.17) is 0 Å². The molecule has 0 radical (unpaired) electrons. The Morgan fingerprint density at radius 3 is 2.50 bits per heavy atom. The van der Waals surface area contributed by atoms with Gasteiger partial charge >= 0.3 is 0 Å². The summed E-state index contributed by atoms with van der Waals surface area (Å²) in [6.07, 6.45) is 0.323. The Kier molecular flexibility index (Phi) is 3.72. The number of nitrogens with zero attached hydrogens (tertiary/aromatic N) is 1. The molecule has 1 aromatic rings.